The van der Waals surface area contributed by atoms with Gasteiger partial charge in [-0.25, -0.2) is 9.59 Å². The second-order valence-corrected chi connectivity index (χ2v) is 5.50. The molecule has 0 saturated carbocycles. The monoisotopic (exact) mass is 243 g/mol. The molecule has 1 amide bonds. The Morgan fingerprint density at radius 2 is 2.00 bits per heavy atom. The maximum Gasteiger partial charge on any atom is 0.411 e. The fraction of sp³-hybridized carbons (Fsp3) is 0.833. The lowest BCUT2D eigenvalue weighted by Gasteiger charge is -2.26. The van der Waals surface area contributed by atoms with Crippen LogP contribution in [0.5, 0.6) is 0 Å². The summed E-state index contributed by atoms with van der Waals surface area (Å²) in [5.41, 5.74) is -0.593. The molecular formula is C12H21NO4. The van der Waals surface area contributed by atoms with Gasteiger partial charge in [-0.3, -0.25) is 4.90 Å². The van der Waals surface area contributed by atoms with Crippen molar-refractivity contribution in [2.24, 2.45) is 5.92 Å². The van der Waals surface area contributed by atoms with Crippen molar-refractivity contribution in [3.63, 3.8) is 0 Å². The largest absolute Gasteiger partial charge is 0.480 e. The van der Waals surface area contributed by atoms with E-state index in [4.69, 9.17) is 9.84 Å². The highest BCUT2D eigenvalue weighted by Crippen LogP contribution is 2.27. The molecule has 0 aromatic carbocycles. The minimum absolute atomic E-state index is 0.253. The molecule has 0 aromatic heterocycles. The summed E-state index contributed by atoms with van der Waals surface area (Å²) in [5.74, 6) is -0.699. The predicted octanol–water partition coefficient (Wildman–Crippen LogP) is 2.11. The van der Waals surface area contributed by atoms with Crippen molar-refractivity contribution < 1.29 is 19.4 Å². The molecule has 1 saturated heterocycles. The lowest BCUT2D eigenvalue weighted by molar-refractivity contribution is -0.142. The summed E-state index contributed by atoms with van der Waals surface area (Å²) in [6, 6.07) is -0.741. The number of hydrogen-bond donors (Lipinski definition) is 1. The average molecular weight is 243 g/mol. The van der Waals surface area contributed by atoms with E-state index in [1.165, 1.54) is 4.90 Å². The normalized spacial score (nSPS) is 24.8. The Bertz CT molecular complexity index is 308. The van der Waals surface area contributed by atoms with Crippen molar-refractivity contribution in [1.82, 2.24) is 4.90 Å². The highest BCUT2D eigenvalue weighted by Gasteiger charge is 2.40. The van der Waals surface area contributed by atoms with Crippen LogP contribution in [0.15, 0.2) is 0 Å². The van der Waals surface area contributed by atoms with Gasteiger partial charge in [-0.1, -0.05) is 13.3 Å². The van der Waals surface area contributed by atoms with Crippen LogP contribution in [0.25, 0.3) is 0 Å². The van der Waals surface area contributed by atoms with Crippen LogP contribution >= 0.6 is 0 Å². The zero-order valence-electron chi connectivity index (χ0n) is 10.9. The third-order valence-corrected chi connectivity index (χ3v) is 2.88. The Kier molecular flexibility index (Phi) is 4.01. The standard InChI is InChI=1S/C12H21NO4/c1-5-8-6-9(10(14)15)13(7-8)11(16)17-12(2,3)4/h8-9H,5-7H2,1-4H3,(H,14,15)/t8-,9+/m1/s1. The van der Waals surface area contributed by atoms with Gasteiger partial charge in [-0.15, -0.1) is 0 Å². The number of carbonyl (C=O) groups excluding carboxylic acids is 1. The van der Waals surface area contributed by atoms with Crippen LogP contribution in [0, 0.1) is 5.92 Å². The fourth-order valence-electron chi connectivity index (χ4n) is 1.98. The van der Waals surface area contributed by atoms with Crippen LogP contribution in [0.4, 0.5) is 4.79 Å². The number of hydrogen-bond acceptors (Lipinski definition) is 3. The molecule has 1 N–H and O–H groups in total. The summed E-state index contributed by atoms with van der Waals surface area (Å²) in [4.78, 5) is 24.3. The molecule has 1 heterocycles. The molecule has 0 aliphatic carbocycles. The molecule has 1 fully saturated rings. The van der Waals surface area contributed by atoms with E-state index in [1.54, 1.807) is 20.8 Å². The molecule has 0 unspecified atom stereocenters. The number of amides is 1. The minimum atomic E-state index is -0.952. The molecule has 2 atom stereocenters. The molecule has 17 heavy (non-hydrogen) atoms. The van der Waals surface area contributed by atoms with Crippen molar-refractivity contribution in [3.05, 3.63) is 0 Å². The van der Waals surface area contributed by atoms with Gasteiger partial charge in [-0.05, 0) is 33.1 Å². The second kappa shape index (κ2) is 4.94. The van der Waals surface area contributed by atoms with Crippen molar-refractivity contribution in [2.45, 2.75) is 52.2 Å². The molecule has 0 spiro atoms. The highest BCUT2D eigenvalue weighted by atomic mass is 16.6. The number of ether oxygens (including phenoxy) is 1. The molecule has 98 valence electrons. The molecule has 0 aromatic rings. The van der Waals surface area contributed by atoms with Gasteiger partial charge in [0, 0.05) is 6.54 Å². The molecule has 5 heteroatoms. The van der Waals surface area contributed by atoms with Crippen LogP contribution in [0.2, 0.25) is 0 Å². The van der Waals surface area contributed by atoms with Gasteiger partial charge < -0.3 is 9.84 Å². The molecular weight excluding hydrogens is 222 g/mol. The van der Waals surface area contributed by atoms with E-state index in [9.17, 15) is 9.59 Å². The van der Waals surface area contributed by atoms with E-state index in [2.05, 4.69) is 0 Å². The van der Waals surface area contributed by atoms with E-state index >= 15 is 0 Å². The zero-order chi connectivity index (χ0) is 13.2. The number of likely N-dealkylation sites (tertiary alicyclic amines) is 1. The highest BCUT2D eigenvalue weighted by molar-refractivity contribution is 5.80. The Morgan fingerprint density at radius 1 is 1.41 bits per heavy atom. The van der Waals surface area contributed by atoms with Crippen LogP contribution < -0.4 is 0 Å². The van der Waals surface area contributed by atoms with E-state index in [-0.39, 0.29) is 5.92 Å². The third-order valence-electron chi connectivity index (χ3n) is 2.88. The first-order chi connectivity index (χ1) is 7.74. The van der Waals surface area contributed by atoms with Gasteiger partial charge in [-0.2, -0.15) is 0 Å². The van der Waals surface area contributed by atoms with Gasteiger partial charge in [0.05, 0.1) is 0 Å². The van der Waals surface area contributed by atoms with Crippen molar-refractivity contribution in [1.29, 1.82) is 0 Å². The number of carboxylic acid groups (broad SMARTS) is 1. The maximum atomic E-state index is 11.9. The SMILES string of the molecule is CC[C@@H]1C[C@@H](C(=O)O)N(C(=O)OC(C)(C)C)C1. The molecule has 0 radical (unpaired) electrons. The Labute approximate surface area is 102 Å². The fourth-order valence-corrected chi connectivity index (χ4v) is 1.98. The summed E-state index contributed by atoms with van der Waals surface area (Å²) >= 11 is 0. The van der Waals surface area contributed by atoms with Gasteiger partial charge in [0.25, 0.3) is 0 Å². The molecule has 0 bridgehead atoms. The van der Waals surface area contributed by atoms with Gasteiger partial charge in [0.2, 0.25) is 0 Å². The molecule has 1 aliphatic heterocycles. The van der Waals surface area contributed by atoms with Crippen molar-refractivity contribution in [3.8, 4) is 0 Å². The van der Waals surface area contributed by atoms with E-state index < -0.39 is 23.7 Å². The number of rotatable bonds is 2. The summed E-state index contributed by atoms with van der Waals surface area (Å²) in [6.45, 7) is 7.79. The lowest BCUT2D eigenvalue weighted by atomic mass is 10.0. The Morgan fingerprint density at radius 3 is 2.41 bits per heavy atom. The molecule has 1 rings (SSSR count). The molecule has 5 nitrogen and oxygen atoms in total. The summed E-state index contributed by atoms with van der Waals surface area (Å²) in [6.07, 6.45) is 0.870. The van der Waals surface area contributed by atoms with E-state index in [0.717, 1.165) is 6.42 Å². The first kappa shape index (κ1) is 13.8. The van der Waals surface area contributed by atoms with Gasteiger partial charge >= 0.3 is 12.1 Å². The number of carbonyl (C=O) groups is 2. The van der Waals surface area contributed by atoms with Crippen LogP contribution in [-0.4, -0.2) is 40.3 Å². The number of carboxylic acids is 1. The summed E-state index contributed by atoms with van der Waals surface area (Å²) in [5, 5.41) is 9.09. The zero-order valence-corrected chi connectivity index (χ0v) is 10.9. The summed E-state index contributed by atoms with van der Waals surface area (Å²) in [7, 11) is 0. The van der Waals surface area contributed by atoms with Gasteiger partial charge in [0.1, 0.15) is 11.6 Å². The van der Waals surface area contributed by atoms with E-state index in [1.807, 2.05) is 6.92 Å². The van der Waals surface area contributed by atoms with Crippen LogP contribution in [0.3, 0.4) is 0 Å². The van der Waals surface area contributed by atoms with E-state index in [0.29, 0.717) is 13.0 Å². The quantitative estimate of drug-likeness (QED) is 0.806. The smallest absolute Gasteiger partial charge is 0.411 e. The maximum absolute atomic E-state index is 11.9. The second-order valence-electron chi connectivity index (χ2n) is 5.50. The first-order valence-corrected chi connectivity index (χ1v) is 5.97. The average Bonchev–Trinajstić information content (AvgIpc) is 2.58. The van der Waals surface area contributed by atoms with Gasteiger partial charge in [0.15, 0.2) is 0 Å². The van der Waals surface area contributed by atoms with Crippen molar-refractivity contribution >= 4 is 12.1 Å². The van der Waals surface area contributed by atoms with Crippen LogP contribution in [-0.2, 0) is 9.53 Å². The summed E-state index contributed by atoms with van der Waals surface area (Å²) < 4.78 is 5.22. The first-order valence-electron chi connectivity index (χ1n) is 5.97. The molecule has 1 aliphatic rings. The minimum Gasteiger partial charge on any atom is -0.480 e. The topological polar surface area (TPSA) is 66.8 Å². The third kappa shape index (κ3) is 3.61. The Hall–Kier alpha value is -1.26. The number of nitrogens with zero attached hydrogens (tertiary/aromatic N) is 1. The van der Waals surface area contributed by atoms with Crippen LogP contribution in [0.1, 0.15) is 40.5 Å². The predicted molar refractivity (Wildman–Crippen MR) is 62.8 cm³/mol. The number of aliphatic carboxylic acids is 1. The lowest BCUT2D eigenvalue weighted by Crippen LogP contribution is -2.43. The Balaban J connectivity index is 2.73. The van der Waals surface area contributed by atoms with Crippen molar-refractivity contribution in [2.75, 3.05) is 6.54 Å².